The number of nitrogens with zero attached hydrogens (tertiary/aromatic N) is 4. The standard InChI is InChI=1S/C32H32F3N5O4S.ClH/c1-39(2)14-5-15-44-29-26(38-45(42,43)23-9-7-22(8-10-23)32(33,34)35)17-21(18-37-29)20-6-11-25-24(16-20)28-27(19-36-25)40(3)30(41)31(28)12-4-13-31;/h6-11,16-19,38H,4-5,12-15H2,1-3H3;1H. The zero-order valence-corrected chi connectivity index (χ0v) is 27.0. The molecular weight excluding hydrogens is 643 g/mol. The Morgan fingerprint density at radius 1 is 1.02 bits per heavy atom. The van der Waals surface area contributed by atoms with Crippen molar-refractivity contribution in [3.63, 3.8) is 0 Å². The number of likely N-dealkylation sites (N-methyl/N-ethyl adjacent to an activating group) is 1. The molecule has 0 radical (unpaired) electrons. The van der Waals surface area contributed by atoms with Crippen LogP contribution in [0.1, 0.15) is 36.8 Å². The van der Waals surface area contributed by atoms with Crippen LogP contribution in [-0.4, -0.2) is 63.5 Å². The highest BCUT2D eigenvalue weighted by Gasteiger charge is 2.54. The van der Waals surface area contributed by atoms with Gasteiger partial charge in [-0.2, -0.15) is 13.2 Å². The predicted octanol–water partition coefficient (Wildman–Crippen LogP) is 6.27. The number of ether oxygens (including phenoxy) is 1. The predicted molar refractivity (Wildman–Crippen MR) is 172 cm³/mol. The Morgan fingerprint density at radius 2 is 1.74 bits per heavy atom. The van der Waals surface area contributed by atoms with Crippen LogP contribution in [0.3, 0.4) is 0 Å². The zero-order chi connectivity index (χ0) is 32.1. The molecule has 1 amide bonds. The van der Waals surface area contributed by atoms with Crippen molar-refractivity contribution in [3.8, 4) is 17.0 Å². The largest absolute Gasteiger partial charge is 0.476 e. The van der Waals surface area contributed by atoms with Crippen molar-refractivity contribution >= 4 is 50.6 Å². The maximum atomic E-state index is 13.3. The third-order valence-electron chi connectivity index (χ3n) is 8.52. The van der Waals surface area contributed by atoms with Crippen LogP contribution >= 0.6 is 12.4 Å². The summed E-state index contributed by atoms with van der Waals surface area (Å²) in [6, 6.07) is 10.5. The Bertz CT molecular complexity index is 1900. The molecule has 2 aromatic carbocycles. The highest BCUT2D eigenvalue weighted by molar-refractivity contribution is 7.92. The monoisotopic (exact) mass is 675 g/mol. The second kappa shape index (κ2) is 12.3. The number of amides is 1. The second-order valence-electron chi connectivity index (χ2n) is 11.8. The topological polar surface area (TPSA) is 105 Å². The number of fused-ring (bicyclic) bond motifs is 4. The highest BCUT2D eigenvalue weighted by Crippen LogP contribution is 2.55. The van der Waals surface area contributed by atoms with E-state index in [1.165, 1.54) is 0 Å². The van der Waals surface area contributed by atoms with Gasteiger partial charge in [-0.05, 0) is 81.4 Å². The normalized spacial score (nSPS) is 15.5. The van der Waals surface area contributed by atoms with Crippen molar-refractivity contribution in [1.82, 2.24) is 14.9 Å². The lowest BCUT2D eigenvalue weighted by Gasteiger charge is -2.37. The van der Waals surface area contributed by atoms with Crippen molar-refractivity contribution in [2.45, 2.75) is 42.2 Å². The molecule has 9 nitrogen and oxygen atoms in total. The number of sulfonamides is 1. The van der Waals surface area contributed by atoms with E-state index >= 15 is 0 Å². The van der Waals surface area contributed by atoms with Crippen LogP contribution in [0.15, 0.2) is 65.8 Å². The number of carbonyl (C=O) groups excluding carboxylic acids is 1. The summed E-state index contributed by atoms with van der Waals surface area (Å²) >= 11 is 0. The van der Waals surface area contributed by atoms with Crippen molar-refractivity contribution in [1.29, 1.82) is 0 Å². The first-order chi connectivity index (χ1) is 21.3. The first-order valence-corrected chi connectivity index (χ1v) is 16.0. The lowest BCUT2D eigenvalue weighted by Crippen LogP contribution is -2.43. The molecule has 1 aliphatic heterocycles. The van der Waals surface area contributed by atoms with Crippen LogP contribution in [-0.2, 0) is 26.4 Å². The molecule has 1 saturated carbocycles. The van der Waals surface area contributed by atoms with E-state index in [2.05, 4.69) is 14.7 Å². The fourth-order valence-corrected chi connectivity index (χ4v) is 7.07. The molecule has 1 fully saturated rings. The van der Waals surface area contributed by atoms with E-state index in [1.807, 2.05) is 37.2 Å². The third kappa shape index (κ3) is 5.98. The molecule has 14 heteroatoms. The van der Waals surface area contributed by atoms with Gasteiger partial charge < -0.3 is 14.5 Å². The SMILES string of the molecule is CN(C)CCCOc1ncc(-c2ccc3ncc4c(c3c2)C2(CCC2)C(=O)N4C)cc1NS(=O)(=O)c1ccc(C(F)(F)F)cc1.Cl. The van der Waals surface area contributed by atoms with Crippen molar-refractivity contribution in [3.05, 3.63) is 72.1 Å². The van der Waals surface area contributed by atoms with Crippen LogP contribution in [0.5, 0.6) is 5.88 Å². The highest BCUT2D eigenvalue weighted by atomic mass is 35.5. The molecule has 0 bridgehead atoms. The van der Waals surface area contributed by atoms with Gasteiger partial charge in [0.2, 0.25) is 11.8 Å². The number of benzene rings is 2. The van der Waals surface area contributed by atoms with Gasteiger partial charge in [0.05, 0.1) is 39.9 Å². The van der Waals surface area contributed by atoms with Gasteiger partial charge in [-0.1, -0.05) is 12.5 Å². The summed E-state index contributed by atoms with van der Waals surface area (Å²) in [5.41, 5.74) is 2.30. The summed E-state index contributed by atoms with van der Waals surface area (Å²) in [6.07, 6.45) is 1.86. The molecule has 0 unspecified atom stereocenters. The number of halogens is 4. The molecule has 1 N–H and O–H groups in total. The second-order valence-corrected chi connectivity index (χ2v) is 13.4. The van der Waals surface area contributed by atoms with E-state index in [9.17, 15) is 26.4 Å². The summed E-state index contributed by atoms with van der Waals surface area (Å²) < 4.78 is 74.2. The maximum Gasteiger partial charge on any atom is 0.416 e. The minimum Gasteiger partial charge on any atom is -0.476 e. The molecule has 6 rings (SSSR count). The molecule has 2 aromatic heterocycles. The van der Waals surface area contributed by atoms with E-state index in [4.69, 9.17) is 4.74 Å². The molecule has 2 aliphatic rings. The number of carbonyl (C=O) groups is 1. The van der Waals surface area contributed by atoms with Gasteiger partial charge in [0.15, 0.2) is 0 Å². The lowest BCUT2D eigenvalue weighted by atomic mass is 9.64. The Morgan fingerprint density at radius 3 is 2.37 bits per heavy atom. The Hall–Kier alpha value is -3.94. The Labute approximate surface area is 271 Å². The van der Waals surface area contributed by atoms with Gasteiger partial charge in [0, 0.05) is 36.3 Å². The van der Waals surface area contributed by atoms with Gasteiger partial charge in [-0.3, -0.25) is 14.5 Å². The number of nitrogens with one attached hydrogen (secondary N) is 1. The quantitative estimate of drug-likeness (QED) is 0.209. The van der Waals surface area contributed by atoms with E-state index in [0.29, 0.717) is 12.0 Å². The minimum absolute atomic E-state index is 0. The van der Waals surface area contributed by atoms with Crippen molar-refractivity contribution < 1.29 is 31.1 Å². The summed E-state index contributed by atoms with van der Waals surface area (Å²) in [7, 11) is 1.30. The average Bonchev–Trinajstić information content (AvgIpc) is 3.22. The first kappa shape index (κ1) is 33.4. The molecule has 0 atom stereocenters. The number of alkyl halides is 3. The van der Waals surface area contributed by atoms with E-state index in [0.717, 1.165) is 77.8 Å². The molecule has 46 heavy (non-hydrogen) atoms. The van der Waals surface area contributed by atoms with E-state index < -0.39 is 27.2 Å². The van der Waals surface area contributed by atoms with Gasteiger partial charge in [-0.25, -0.2) is 13.4 Å². The van der Waals surface area contributed by atoms with Gasteiger partial charge in [0.25, 0.3) is 10.0 Å². The summed E-state index contributed by atoms with van der Waals surface area (Å²) in [5, 5.41) is 0.846. The number of aromatic nitrogens is 2. The summed E-state index contributed by atoms with van der Waals surface area (Å²) in [6.45, 7) is 0.996. The van der Waals surface area contributed by atoms with Crippen LogP contribution in [0.4, 0.5) is 24.5 Å². The molecule has 1 aliphatic carbocycles. The lowest BCUT2D eigenvalue weighted by molar-refractivity contribution is -0.137. The zero-order valence-electron chi connectivity index (χ0n) is 25.4. The number of hydrogen-bond donors (Lipinski definition) is 1. The van der Waals surface area contributed by atoms with Gasteiger partial charge in [-0.15, -0.1) is 12.4 Å². The minimum atomic E-state index is -4.60. The molecule has 3 heterocycles. The number of rotatable bonds is 9. The maximum absolute atomic E-state index is 13.3. The average molecular weight is 676 g/mol. The number of anilines is 2. The van der Waals surface area contributed by atoms with Gasteiger partial charge in [0.1, 0.15) is 5.69 Å². The van der Waals surface area contributed by atoms with E-state index in [-0.39, 0.29) is 41.4 Å². The number of pyridine rings is 2. The smallest absolute Gasteiger partial charge is 0.416 e. The molecule has 0 saturated heterocycles. The van der Waals surface area contributed by atoms with E-state index in [1.54, 1.807) is 30.4 Å². The molecule has 244 valence electrons. The van der Waals surface area contributed by atoms with Crippen LogP contribution in [0, 0.1) is 0 Å². The van der Waals surface area contributed by atoms with Gasteiger partial charge >= 0.3 is 6.18 Å². The summed E-state index contributed by atoms with van der Waals surface area (Å²) in [4.78, 5) is 25.6. The molecule has 4 aromatic rings. The first-order valence-electron chi connectivity index (χ1n) is 14.5. The van der Waals surface area contributed by atoms with Crippen LogP contribution < -0.4 is 14.4 Å². The van der Waals surface area contributed by atoms with Crippen LogP contribution in [0.2, 0.25) is 0 Å². The molecular formula is C32H33ClF3N5O4S. The third-order valence-corrected chi connectivity index (χ3v) is 9.90. The van der Waals surface area contributed by atoms with Crippen molar-refractivity contribution in [2.75, 3.05) is 43.9 Å². The van der Waals surface area contributed by atoms with Crippen molar-refractivity contribution in [2.24, 2.45) is 0 Å². The Kier molecular flexibility index (Phi) is 8.97. The Balaban J connectivity index is 0.00000417. The summed E-state index contributed by atoms with van der Waals surface area (Å²) in [5.74, 6) is 0.109. The fourth-order valence-electron chi connectivity index (χ4n) is 6.03. The fraction of sp³-hybridized carbons (Fsp3) is 0.344. The number of hydrogen-bond acceptors (Lipinski definition) is 7. The van der Waals surface area contributed by atoms with Crippen LogP contribution in [0.25, 0.3) is 22.0 Å². The molecule has 1 spiro atoms.